The second-order valence-electron chi connectivity index (χ2n) is 7.00. The number of aliphatic carboxylic acids is 1. The zero-order valence-corrected chi connectivity index (χ0v) is 18.5. The Morgan fingerprint density at radius 3 is 2.40 bits per heavy atom. The summed E-state index contributed by atoms with van der Waals surface area (Å²) in [6.45, 7) is 1.87. The van der Waals surface area contributed by atoms with Crippen molar-refractivity contribution in [1.82, 2.24) is 9.21 Å². The third-order valence-corrected chi connectivity index (χ3v) is 7.05. The Morgan fingerprint density at radius 2 is 1.73 bits per heavy atom. The van der Waals surface area contributed by atoms with Crippen LogP contribution >= 0.6 is 23.2 Å². The van der Waals surface area contributed by atoms with Gasteiger partial charge < -0.3 is 9.84 Å². The first kappa shape index (κ1) is 22.8. The van der Waals surface area contributed by atoms with E-state index in [2.05, 4.69) is 4.90 Å². The molecule has 0 aliphatic carbocycles. The van der Waals surface area contributed by atoms with E-state index in [1.54, 1.807) is 42.5 Å². The maximum absolute atomic E-state index is 12.8. The van der Waals surface area contributed by atoms with Gasteiger partial charge in [-0.25, -0.2) is 13.2 Å². The van der Waals surface area contributed by atoms with Gasteiger partial charge >= 0.3 is 5.97 Å². The van der Waals surface area contributed by atoms with Gasteiger partial charge in [0.2, 0.25) is 10.0 Å². The predicted molar refractivity (Wildman–Crippen MR) is 116 cm³/mol. The van der Waals surface area contributed by atoms with Crippen molar-refractivity contribution in [1.29, 1.82) is 0 Å². The Morgan fingerprint density at radius 1 is 1.03 bits per heavy atom. The van der Waals surface area contributed by atoms with Crippen molar-refractivity contribution in [3.05, 3.63) is 63.6 Å². The standard InChI is InChI=1S/C20H22Cl2N2O5S/c21-17-3-1-2-15(10-17)14-30(27,28)24-8-6-23(7-9-24)12-16-11-18(22)4-5-19(16)29-13-20(25)26/h1-5,10-11H,6-9,12-14H2,(H,25,26). The topological polar surface area (TPSA) is 87.2 Å². The number of ether oxygens (including phenoxy) is 1. The van der Waals surface area contributed by atoms with Gasteiger partial charge in [-0.2, -0.15) is 4.31 Å². The Kier molecular flexibility index (Phi) is 7.60. The molecule has 3 rings (SSSR count). The Hall–Kier alpha value is -1.84. The van der Waals surface area contributed by atoms with Crippen molar-refractivity contribution in [3.63, 3.8) is 0 Å². The van der Waals surface area contributed by atoms with Crippen LogP contribution in [0, 0.1) is 0 Å². The monoisotopic (exact) mass is 472 g/mol. The molecule has 0 spiro atoms. The fourth-order valence-corrected chi connectivity index (χ4v) is 5.20. The zero-order chi connectivity index (χ0) is 21.7. The molecule has 10 heteroatoms. The second kappa shape index (κ2) is 9.98. The van der Waals surface area contributed by atoms with Crippen molar-refractivity contribution < 1.29 is 23.1 Å². The molecule has 1 saturated heterocycles. The van der Waals surface area contributed by atoms with Gasteiger partial charge in [0.1, 0.15) is 5.75 Å². The van der Waals surface area contributed by atoms with E-state index in [0.717, 1.165) is 5.56 Å². The number of carboxylic acids is 1. The summed E-state index contributed by atoms with van der Waals surface area (Å²) in [5.74, 6) is -0.693. The quantitative estimate of drug-likeness (QED) is 0.634. The van der Waals surface area contributed by atoms with E-state index in [1.807, 2.05) is 0 Å². The Balaban J connectivity index is 1.60. The van der Waals surface area contributed by atoms with Gasteiger partial charge in [0.05, 0.1) is 5.75 Å². The smallest absolute Gasteiger partial charge is 0.341 e. The maximum Gasteiger partial charge on any atom is 0.341 e. The van der Waals surface area contributed by atoms with Gasteiger partial charge in [0.15, 0.2) is 6.61 Å². The van der Waals surface area contributed by atoms with E-state index in [1.165, 1.54) is 4.31 Å². The third-order valence-electron chi connectivity index (χ3n) is 4.73. The summed E-state index contributed by atoms with van der Waals surface area (Å²) in [6, 6.07) is 11.9. The molecule has 162 valence electrons. The molecule has 1 aliphatic heterocycles. The summed E-state index contributed by atoms with van der Waals surface area (Å²) in [7, 11) is -3.45. The van der Waals surface area contributed by atoms with E-state index in [9.17, 15) is 13.2 Å². The number of carbonyl (C=O) groups is 1. The van der Waals surface area contributed by atoms with Crippen LogP contribution in [-0.2, 0) is 27.1 Å². The first-order valence-corrected chi connectivity index (χ1v) is 11.7. The number of piperazine rings is 1. The summed E-state index contributed by atoms with van der Waals surface area (Å²) < 4.78 is 32.3. The highest BCUT2D eigenvalue weighted by atomic mass is 35.5. The number of benzene rings is 2. The van der Waals surface area contributed by atoms with Gasteiger partial charge in [-0.1, -0.05) is 35.3 Å². The third kappa shape index (κ3) is 6.33. The molecule has 1 N–H and O–H groups in total. The molecule has 30 heavy (non-hydrogen) atoms. The lowest BCUT2D eigenvalue weighted by atomic mass is 10.1. The minimum atomic E-state index is -3.45. The summed E-state index contributed by atoms with van der Waals surface area (Å²) in [4.78, 5) is 12.9. The minimum Gasteiger partial charge on any atom is -0.482 e. The second-order valence-corrected chi connectivity index (χ2v) is 9.84. The highest BCUT2D eigenvalue weighted by Gasteiger charge is 2.27. The summed E-state index contributed by atoms with van der Waals surface area (Å²) in [6.07, 6.45) is 0. The number of hydrogen-bond acceptors (Lipinski definition) is 5. The van der Waals surface area contributed by atoms with E-state index in [0.29, 0.717) is 54.1 Å². The SMILES string of the molecule is O=C(O)COc1ccc(Cl)cc1CN1CCN(S(=O)(=O)Cc2cccc(Cl)c2)CC1. The molecule has 2 aromatic carbocycles. The van der Waals surface area contributed by atoms with Gasteiger partial charge in [0, 0.05) is 48.3 Å². The highest BCUT2D eigenvalue weighted by Crippen LogP contribution is 2.25. The first-order chi connectivity index (χ1) is 14.2. The number of sulfonamides is 1. The average molecular weight is 473 g/mol. The van der Waals surface area contributed by atoms with Crippen LogP contribution in [0.3, 0.4) is 0 Å². The lowest BCUT2D eigenvalue weighted by molar-refractivity contribution is -0.139. The van der Waals surface area contributed by atoms with Crippen molar-refractivity contribution >= 4 is 39.2 Å². The molecule has 0 unspecified atom stereocenters. The highest BCUT2D eigenvalue weighted by molar-refractivity contribution is 7.88. The fraction of sp³-hybridized carbons (Fsp3) is 0.350. The van der Waals surface area contributed by atoms with E-state index < -0.39 is 22.6 Å². The lowest BCUT2D eigenvalue weighted by Gasteiger charge is -2.34. The van der Waals surface area contributed by atoms with Crippen LogP contribution in [0.1, 0.15) is 11.1 Å². The molecule has 7 nitrogen and oxygen atoms in total. The minimum absolute atomic E-state index is 0.0883. The van der Waals surface area contributed by atoms with Crippen LogP contribution in [0.25, 0.3) is 0 Å². The molecule has 2 aromatic rings. The van der Waals surface area contributed by atoms with E-state index in [4.69, 9.17) is 33.0 Å². The molecule has 0 aromatic heterocycles. The zero-order valence-electron chi connectivity index (χ0n) is 16.1. The summed E-state index contributed by atoms with van der Waals surface area (Å²) in [5, 5.41) is 9.87. The molecule has 0 saturated carbocycles. The van der Waals surface area contributed by atoms with Gasteiger partial charge in [0.25, 0.3) is 0 Å². The number of halogens is 2. The predicted octanol–water partition coefficient (Wildman–Crippen LogP) is 3.10. The van der Waals surface area contributed by atoms with E-state index in [-0.39, 0.29) is 5.75 Å². The van der Waals surface area contributed by atoms with Gasteiger partial charge in [-0.3, -0.25) is 4.90 Å². The average Bonchev–Trinajstić information content (AvgIpc) is 2.67. The molecule has 1 aliphatic rings. The van der Waals surface area contributed by atoms with Gasteiger partial charge in [-0.05, 0) is 35.9 Å². The molecule has 1 fully saturated rings. The summed E-state index contributed by atoms with van der Waals surface area (Å²) in [5.41, 5.74) is 1.42. The van der Waals surface area contributed by atoms with Crippen molar-refractivity contribution in [2.45, 2.75) is 12.3 Å². The van der Waals surface area contributed by atoms with E-state index >= 15 is 0 Å². The molecule has 0 amide bonds. The van der Waals surface area contributed by atoms with Crippen molar-refractivity contribution in [2.75, 3.05) is 32.8 Å². The van der Waals surface area contributed by atoms with Crippen LogP contribution < -0.4 is 4.74 Å². The maximum atomic E-state index is 12.8. The fourth-order valence-electron chi connectivity index (χ4n) is 3.29. The molecular formula is C20H22Cl2N2O5S. The largest absolute Gasteiger partial charge is 0.482 e. The van der Waals surface area contributed by atoms with Crippen molar-refractivity contribution in [2.24, 2.45) is 0 Å². The summed E-state index contributed by atoms with van der Waals surface area (Å²) >= 11 is 12.0. The molecule has 0 bridgehead atoms. The van der Waals surface area contributed by atoms with Crippen LogP contribution in [-0.4, -0.2) is 61.5 Å². The van der Waals surface area contributed by atoms with Crippen LogP contribution in [0.4, 0.5) is 0 Å². The van der Waals surface area contributed by atoms with Crippen LogP contribution in [0.2, 0.25) is 10.0 Å². The lowest BCUT2D eigenvalue weighted by Crippen LogP contribution is -2.48. The molecule has 0 atom stereocenters. The number of hydrogen-bond donors (Lipinski definition) is 1. The van der Waals surface area contributed by atoms with Crippen LogP contribution in [0.5, 0.6) is 5.75 Å². The molecular weight excluding hydrogens is 451 g/mol. The Labute approximate surface area is 185 Å². The first-order valence-electron chi connectivity index (χ1n) is 9.30. The Bertz CT molecular complexity index is 1010. The van der Waals surface area contributed by atoms with Crippen LogP contribution in [0.15, 0.2) is 42.5 Å². The van der Waals surface area contributed by atoms with Crippen molar-refractivity contribution in [3.8, 4) is 5.75 Å². The number of rotatable bonds is 8. The number of carboxylic acid groups (broad SMARTS) is 1. The normalized spacial score (nSPS) is 15.8. The number of nitrogens with zero attached hydrogens (tertiary/aromatic N) is 2. The van der Waals surface area contributed by atoms with Gasteiger partial charge in [-0.15, -0.1) is 0 Å². The molecule has 1 heterocycles. The molecule has 0 radical (unpaired) electrons.